The Kier molecular flexibility index (Phi) is 4.71. The summed E-state index contributed by atoms with van der Waals surface area (Å²) in [5.74, 6) is -4.20. The van der Waals surface area contributed by atoms with E-state index in [4.69, 9.17) is 0 Å². The van der Waals surface area contributed by atoms with Crippen LogP contribution in [0.1, 0.15) is 10.4 Å². The van der Waals surface area contributed by atoms with Gasteiger partial charge in [0.05, 0.1) is 17.1 Å². The standard InChI is InChI=1S/C19H15F3N4O3/c20-10-1-2-14(24-8-10)26-9-12(19(28)29)18(27)11-7-13(21)17(15(22)16(11)26)25-5-3-23-4-6-25/h1-2,7-9,23H,3-6H2,(H,28,29). The van der Waals surface area contributed by atoms with Gasteiger partial charge >= 0.3 is 5.97 Å². The molecule has 0 bridgehead atoms. The maximum atomic E-state index is 15.5. The van der Waals surface area contributed by atoms with E-state index in [0.717, 1.165) is 29.1 Å². The number of aromatic carboxylic acids is 1. The van der Waals surface area contributed by atoms with Crippen molar-refractivity contribution >= 4 is 22.6 Å². The first-order chi connectivity index (χ1) is 13.9. The molecule has 3 aromatic rings. The molecule has 0 atom stereocenters. The van der Waals surface area contributed by atoms with Crippen molar-refractivity contribution in [2.75, 3.05) is 31.1 Å². The third-order valence-electron chi connectivity index (χ3n) is 4.78. The number of carboxylic acids is 1. The summed E-state index contributed by atoms with van der Waals surface area (Å²) in [6, 6.07) is 3.11. The van der Waals surface area contributed by atoms with Gasteiger partial charge in [0.1, 0.15) is 28.7 Å². The number of hydrogen-bond acceptors (Lipinski definition) is 5. The molecule has 1 saturated heterocycles. The fourth-order valence-corrected chi connectivity index (χ4v) is 3.43. The SMILES string of the molecule is O=C(O)c1cn(-c2ccc(F)cn2)c2c(F)c(N3CCNCC3)c(F)cc2c1=O. The molecule has 7 nitrogen and oxygen atoms in total. The van der Waals surface area contributed by atoms with E-state index in [1.54, 1.807) is 0 Å². The molecule has 29 heavy (non-hydrogen) atoms. The molecule has 0 saturated carbocycles. The predicted octanol–water partition coefficient (Wildman–Crippen LogP) is 1.91. The summed E-state index contributed by atoms with van der Waals surface area (Å²) >= 11 is 0. The van der Waals surface area contributed by atoms with E-state index in [2.05, 4.69) is 10.3 Å². The zero-order valence-electron chi connectivity index (χ0n) is 15.0. The van der Waals surface area contributed by atoms with E-state index in [9.17, 15) is 23.5 Å². The molecule has 3 heterocycles. The zero-order valence-corrected chi connectivity index (χ0v) is 15.0. The number of aromatic nitrogens is 2. The lowest BCUT2D eigenvalue weighted by molar-refractivity contribution is 0.0695. The number of rotatable bonds is 3. The van der Waals surface area contributed by atoms with Gasteiger partial charge in [0.15, 0.2) is 5.82 Å². The van der Waals surface area contributed by atoms with E-state index in [-0.39, 0.29) is 17.0 Å². The minimum Gasteiger partial charge on any atom is -0.477 e. The molecule has 0 radical (unpaired) electrons. The van der Waals surface area contributed by atoms with Gasteiger partial charge < -0.3 is 15.3 Å². The van der Waals surface area contributed by atoms with Gasteiger partial charge in [-0.1, -0.05) is 0 Å². The summed E-state index contributed by atoms with van der Waals surface area (Å²) in [7, 11) is 0. The number of nitrogens with zero attached hydrogens (tertiary/aromatic N) is 3. The number of pyridine rings is 2. The van der Waals surface area contributed by atoms with Crippen molar-refractivity contribution in [1.82, 2.24) is 14.9 Å². The van der Waals surface area contributed by atoms with Crippen LogP contribution in [0, 0.1) is 17.5 Å². The van der Waals surface area contributed by atoms with Crippen molar-refractivity contribution in [2.24, 2.45) is 0 Å². The molecule has 150 valence electrons. The number of halogens is 3. The second kappa shape index (κ2) is 7.21. The van der Waals surface area contributed by atoms with Gasteiger partial charge in [0, 0.05) is 32.4 Å². The van der Waals surface area contributed by atoms with Crippen LogP contribution in [0.2, 0.25) is 0 Å². The molecule has 2 N–H and O–H groups in total. The monoisotopic (exact) mass is 404 g/mol. The maximum Gasteiger partial charge on any atom is 0.341 e. The molecule has 1 fully saturated rings. The first-order valence-corrected chi connectivity index (χ1v) is 8.76. The molecule has 0 aliphatic carbocycles. The molecular formula is C19H15F3N4O3. The Balaban J connectivity index is 2.08. The van der Waals surface area contributed by atoms with Gasteiger partial charge in [-0.25, -0.2) is 22.9 Å². The minimum atomic E-state index is -1.56. The number of carboxylic acid groups (broad SMARTS) is 1. The fourth-order valence-electron chi connectivity index (χ4n) is 3.43. The Hall–Kier alpha value is -3.40. The first kappa shape index (κ1) is 18.9. The van der Waals surface area contributed by atoms with Crippen LogP contribution in [0.25, 0.3) is 16.7 Å². The lowest BCUT2D eigenvalue weighted by atomic mass is 10.1. The molecule has 1 aromatic carbocycles. The van der Waals surface area contributed by atoms with Crippen molar-refractivity contribution in [3.8, 4) is 5.82 Å². The van der Waals surface area contributed by atoms with Gasteiger partial charge in [-0.05, 0) is 18.2 Å². The number of benzene rings is 1. The highest BCUT2D eigenvalue weighted by molar-refractivity contribution is 5.94. The number of hydrogen-bond donors (Lipinski definition) is 2. The van der Waals surface area contributed by atoms with E-state index in [1.807, 2.05) is 0 Å². The first-order valence-electron chi connectivity index (χ1n) is 8.76. The Morgan fingerprint density at radius 1 is 1.17 bits per heavy atom. The van der Waals surface area contributed by atoms with Crippen LogP contribution >= 0.6 is 0 Å². The summed E-state index contributed by atoms with van der Waals surface area (Å²) in [5, 5.41) is 12.0. The predicted molar refractivity (Wildman–Crippen MR) is 99.3 cm³/mol. The smallest absolute Gasteiger partial charge is 0.341 e. The lowest BCUT2D eigenvalue weighted by Gasteiger charge is -2.30. The largest absolute Gasteiger partial charge is 0.477 e. The highest BCUT2D eigenvalue weighted by Crippen LogP contribution is 2.31. The van der Waals surface area contributed by atoms with Crippen molar-refractivity contribution in [3.63, 3.8) is 0 Å². The van der Waals surface area contributed by atoms with Crippen LogP contribution in [0.3, 0.4) is 0 Å². The van der Waals surface area contributed by atoms with Gasteiger partial charge in [0.2, 0.25) is 5.43 Å². The quantitative estimate of drug-likeness (QED) is 0.694. The minimum absolute atomic E-state index is 0.0179. The molecule has 0 unspecified atom stereocenters. The van der Waals surface area contributed by atoms with Crippen molar-refractivity contribution in [2.45, 2.75) is 0 Å². The highest BCUT2D eigenvalue weighted by Gasteiger charge is 2.26. The fraction of sp³-hybridized carbons (Fsp3) is 0.211. The summed E-state index contributed by atoms with van der Waals surface area (Å²) < 4.78 is 44.6. The van der Waals surface area contributed by atoms with Crippen LogP contribution in [0.15, 0.2) is 35.4 Å². The van der Waals surface area contributed by atoms with Crippen molar-refractivity contribution in [3.05, 3.63) is 63.8 Å². The average molecular weight is 404 g/mol. The molecule has 0 amide bonds. The topological polar surface area (TPSA) is 87.5 Å². The molecule has 1 aliphatic heterocycles. The van der Waals surface area contributed by atoms with E-state index < -0.39 is 39.8 Å². The second-order valence-corrected chi connectivity index (χ2v) is 6.54. The van der Waals surface area contributed by atoms with E-state index in [1.165, 1.54) is 11.0 Å². The van der Waals surface area contributed by atoms with Gasteiger partial charge in [-0.3, -0.25) is 9.36 Å². The Morgan fingerprint density at radius 2 is 1.90 bits per heavy atom. The summed E-state index contributed by atoms with van der Waals surface area (Å²) in [5.41, 5.74) is -2.33. The summed E-state index contributed by atoms with van der Waals surface area (Å²) in [6.07, 6.45) is 1.79. The van der Waals surface area contributed by atoms with E-state index in [0.29, 0.717) is 26.2 Å². The molecule has 0 spiro atoms. The Morgan fingerprint density at radius 3 is 2.52 bits per heavy atom. The Labute approximate surface area is 162 Å². The van der Waals surface area contributed by atoms with Crippen LogP contribution in [0.4, 0.5) is 18.9 Å². The number of carbonyl (C=O) groups is 1. The second-order valence-electron chi connectivity index (χ2n) is 6.54. The third-order valence-corrected chi connectivity index (χ3v) is 4.78. The Bertz CT molecular complexity index is 1170. The van der Waals surface area contributed by atoms with Crippen LogP contribution in [0.5, 0.6) is 0 Å². The average Bonchev–Trinajstić information content (AvgIpc) is 2.70. The summed E-state index contributed by atoms with van der Waals surface area (Å²) in [4.78, 5) is 29.4. The van der Waals surface area contributed by atoms with Crippen LogP contribution in [-0.4, -0.2) is 46.8 Å². The van der Waals surface area contributed by atoms with Crippen molar-refractivity contribution < 1.29 is 23.1 Å². The summed E-state index contributed by atoms with van der Waals surface area (Å²) in [6.45, 7) is 1.76. The van der Waals surface area contributed by atoms with Crippen LogP contribution in [-0.2, 0) is 0 Å². The van der Waals surface area contributed by atoms with Gasteiger partial charge in [-0.15, -0.1) is 0 Å². The molecule has 4 rings (SSSR count). The van der Waals surface area contributed by atoms with Gasteiger partial charge in [0.25, 0.3) is 0 Å². The lowest BCUT2D eigenvalue weighted by Crippen LogP contribution is -2.44. The molecular weight excluding hydrogens is 389 g/mol. The molecule has 10 heteroatoms. The normalized spacial score (nSPS) is 14.4. The number of anilines is 1. The number of nitrogens with one attached hydrogen (secondary N) is 1. The maximum absolute atomic E-state index is 15.5. The molecule has 1 aliphatic rings. The van der Waals surface area contributed by atoms with Gasteiger partial charge in [-0.2, -0.15) is 0 Å². The number of fused-ring (bicyclic) bond motifs is 1. The van der Waals surface area contributed by atoms with Crippen molar-refractivity contribution in [1.29, 1.82) is 0 Å². The van der Waals surface area contributed by atoms with E-state index >= 15 is 4.39 Å². The van der Waals surface area contributed by atoms with Crippen LogP contribution < -0.4 is 15.6 Å². The molecule has 2 aromatic heterocycles. The zero-order chi connectivity index (χ0) is 20.7. The number of piperazine rings is 1. The third kappa shape index (κ3) is 3.21. The highest BCUT2D eigenvalue weighted by atomic mass is 19.1.